The molecular formula is C18H24N2O4S. The van der Waals surface area contributed by atoms with E-state index in [9.17, 15) is 4.79 Å². The van der Waals surface area contributed by atoms with Gasteiger partial charge in [-0.25, -0.2) is 4.79 Å². The summed E-state index contributed by atoms with van der Waals surface area (Å²) in [6.45, 7) is 4.24. The highest BCUT2D eigenvalue weighted by molar-refractivity contribution is 7.80. The van der Waals surface area contributed by atoms with E-state index in [2.05, 4.69) is 10.6 Å². The average Bonchev–Trinajstić information content (AvgIpc) is 2.60. The van der Waals surface area contributed by atoms with E-state index in [4.69, 9.17) is 26.4 Å². The molecule has 1 aromatic rings. The largest absolute Gasteiger partial charge is 0.497 e. The summed E-state index contributed by atoms with van der Waals surface area (Å²) in [4.78, 5) is 12.7. The van der Waals surface area contributed by atoms with Gasteiger partial charge in [-0.15, -0.1) is 0 Å². The molecule has 1 aromatic carbocycles. The van der Waals surface area contributed by atoms with Crippen LogP contribution < -0.4 is 20.1 Å². The number of nitrogens with one attached hydrogen (secondary N) is 2. The molecule has 0 saturated carbocycles. The summed E-state index contributed by atoms with van der Waals surface area (Å²) in [5, 5.41) is 6.57. The highest BCUT2D eigenvalue weighted by atomic mass is 32.1. The van der Waals surface area contributed by atoms with E-state index in [1.165, 1.54) is 0 Å². The van der Waals surface area contributed by atoms with Crippen molar-refractivity contribution in [2.45, 2.75) is 32.7 Å². The van der Waals surface area contributed by atoms with Gasteiger partial charge in [-0.3, -0.25) is 0 Å². The standard InChI is InChI=1S/C18H24N2O4S/c1-5-6-9-24-17(21)15-11(2)19-18(25)20-16(15)13-10-12(22-3)7-8-14(13)23-4/h7-8,10,16H,5-6,9H2,1-4H3,(H2,19,20,25)/t16-/m0/s1. The third kappa shape index (κ3) is 4.42. The second-order valence-electron chi connectivity index (χ2n) is 5.67. The van der Waals surface area contributed by atoms with E-state index in [-0.39, 0.29) is 5.97 Å². The third-order valence-electron chi connectivity index (χ3n) is 3.97. The van der Waals surface area contributed by atoms with Gasteiger partial charge in [0.25, 0.3) is 0 Å². The van der Waals surface area contributed by atoms with Crippen LogP contribution >= 0.6 is 12.2 Å². The lowest BCUT2D eigenvalue weighted by Crippen LogP contribution is -2.45. The second kappa shape index (κ2) is 8.71. The number of carbonyl (C=O) groups is 1. The van der Waals surface area contributed by atoms with Gasteiger partial charge in [0.2, 0.25) is 0 Å². The number of ether oxygens (including phenoxy) is 3. The molecule has 136 valence electrons. The molecule has 0 fully saturated rings. The molecule has 1 aliphatic heterocycles. The molecule has 2 rings (SSSR count). The maximum absolute atomic E-state index is 12.7. The molecule has 0 spiro atoms. The van der Waals surface area contributed by atoms with Gasteiger partial charge in [0, 0.05) is 11.3 Å². The molecule has 2 N–H and O–H groups in total. The Balaban J connectivity index is 2.44. The molecular weight excluding hydrogens is 340 g/mol. The minimum Gasteiger partial charge on any atom is -0.497 e. The molecule has 0 unspecified atom stereocenters. The zero-order valence-corrected chi connectivity index (χ0v) is 15.8. The maximum Gasteiger partial charge on any atom is 0.338 e. The molecule has 0 aliphatic carbocycles. The van der Waals surface area contributed by atoms with Crippen molar-refractivity contribution < 1.29 is 19.0 Å². The van der Waals surface area contributed by atoms with Crippen LogP contribution in [0.5, 0.6) is 11.5 Å². The minimum absolute atomic E-state index is 0.372. The highest BCUT2D eigenvalue weighted by Gasteiger charge is 2.33. The lowest BCUT2D eigenvalue weighted by molar-refractivity contribution is -0.139. The Kier molecular flexibility index (Phi) is 6.64. The van der Waals surface area contributed by atoms with Gasteiger partial charge in [-0.05, 0) is 43.8 Å². The predicted octanol–water partition coefficient (Wildman–Crippen LogP) is 2.84. The molecule has 25 heavy (non-hydrogen) atoms. The molecule has 0 aromatic heterocycles. The van der Waals surface area contributed by atoms with E-state index in [1.807, 2.05) is 19.9 Å². The van der Waals surface area contributed by atoms with E-state index in [0.717, 1.165) is 18.4 Å². The van der Waals surface area contributed by atoms with Gasteiger partial charge >= 0.3 is 5.97 Å². The zero-order valence-electron chi connectivity index (χ0n) is 15.0. The topological polar surface area (TPSA) is 68.8 Å². The molecule has 0 amide bonds. The molecule has 0 saturated heterocycles. The van der Waals surface area contributed by atoms with Crippen LogP contribution in [0.3, 0.4) is 0 Å². The van der Waals surface area contributed by atoms with Crippen LogP contribution in [-0.4, -0.2) is 31.9 Å². The molecule has 1 aliphatic rings. The van der Waals surface area contributed by atoms with Crippen molar-refractivity contribution in [3.05, 3.63) is 35.0 Å². The third-order valence-corrected chi connectivity index (χ3v) is 4.19. The number of hydrogen-bond donors (Lipinski definition) is 2. The number of hydrogen-bond acceptors (Lipinski definition) is 5. The number of methoxy groups -OCH3 is 2. The molecule has 6 nitrogen and oxygen atoms in total. The zero-order chi connectivity index (χ0) is 18.4. The molecule has 0 radical (unpaired) electrons. The van der Waals surface area contributed by atoms with Gasteiger partial charge in [-0.2, -0.15) is 0 Å². The first-order valence-electron chi connectivity index (χ1n) is 8.19. The van der Waals surface area contributed by atoms with Crippen LogP contribution in [0, 0.1) is 0 Å². The Labute approximate surface area is 153 Å². The Morgan fingerprint density at radius 1 is 1.28 bits per heavy atom. The van der Waals surface area contributed by atoms with Crippen LogP contribution in [-0.2, 0) is 9.53 Å². The summed E-state index contributed by atoms with van der Waals surface area (Å²) in [7, 11) is 3.17. The van der Waals surface area contributed by atoms with E-state index >= 15 is 0 Å². The highest BCUT2D eigenvalue weighted by Crippen LogP contribution is 2.35. The first-order chi connectivity index (χ1) is 12.0. The number of carbonyl (C=O) groups excluding carboxylic acids is 1. The number of benzene rings is 1. The monoisotopic (exact) mass is 364 g/mol. The first kappa shape index (κ1) is 19.1. The molecule has 7 heteroatoms. The van der Waals surface area contributed by atoms with Crippen molar-refractivity contribution in [1.82, 2.24) is 10.6 Å². The van der Waals surface area contributed by atoms with Crippen LogP contribution in [0.4, 0.5) is 0 Å². The van der Waals surface area contributed by atoms with Crippen LogP contribution in [0.25, 0.3) is 0 Å². The Hall–Kier alpha value is -2.28. The van der Waals surface area contributed by atoms with Gasteiger partial charge in [0.15, 0.2) is 5.11 Å². The summed E-state index contributed by atoms with van der Waals surface area (Å²) in [6, 6.07) is 4.96. The Morgan fingerprint density at radius 2 is 2.04 bits per heavy atom. The summed E-state index contributed by atoms with van der Waals surface area (Å²) in [6.07, 6.45) is 1.78. The van der Waals surface area contributed by atoms with Crippen molar-refractivity contribution in [1.29, 1.82) is 0 Å². The fraction of sp³-hybridized carbons (Fsp3) is 0.444. The van der Waals surface area contributed by atoms with Gasteiger partial charge < -0.3 is 24.8 Å². The maximum atomic E-state index is 12.7. The van der Waals surface area contributed by atoms with Crippen molar-refractivity contribution in [2.75, 3.05) is 20.8 Å². The minimum atomic E-state index is -0.479. The second-order valence-corrected chi connectivity index (χ2v) is 6.08. The Bertz CT molecular complexity index is 688. The molecule has 1 heterocycles. The fourth-order valence-corrected chi connectivity index (χ4v) is 2.92. The SMILES string of the molecule is CCCCOC(=O)C1=C(C)NC(=S)N[C@H]1c1cc(OC)ccc1OC. The van der Waals surface area contributed by atoms with Crippen molar-refractivity contribution in [2.24, 2.45) is 0 Å². The quantitative estimate of drug-likeness (QED) is 0.438. The van der Waals surface area contributed by atoms with Crippen LogP contribution in [0.1, 0.15) is 38.3 Å². The summed E-state index contributed by atoms with van der Waals surface area (Å²) in [5.74, 6) is 0.927. The van der Waals surface area contributed by atoms with Gasteiger partial charge in [-0.1, -0.05) is 13.3 Å². The van der Waals surface area contributed by atoms with E-state index < -0.39 is 6.04 Å². The smallest absolute Gasteiger partial charge is 0.338 e. The summed E-state index contributed by atoms with van der Waals surface area (Å²) in [5.41, 5.74) is 1.91. The average molecular weight is 364 g/mol. The first-order valence-corrected chi connectivity index (χ1v) is 8.60. The lowest BCUT2D eigenvalue weighted by Gasteiger charge is -2.30. The predicted molar refractivity (Wildman–Crippen MR) is 99.7 cm³/mol. The summed E-state index contributed by atoms with van der Waals surface area (Å²) < 4.78 is 16.2. The number of unbranched alkanes of at least 4 members (excludes halogenated alkanes) is 1. The van der Waals surface area contributed by atoms with Crippen LogP contribution in [0.15, 0.2) is 29.5 Å². The van der Waals surface area contributed by atoms with Crippen LogP contribution in [0.2, 0.25) is 0 Å². The fourth-order valence-electron chi connectivity index (χ4n) is 2.65. The summed E-state index contributed by atoms with van der Waals surface area (Å²) >= 11 is 5.27. The lowest BCUT2D eigenvalue weighted by atomic mass is 9.94. The number of thiocarbonyl (C=S) groups is 1. The van der Waals surface area contributed by atoms with E-state index in [0.29, 0.717) is 34.5 Å². The van der Waals surface area contributed by atoms with Crippen molar-refractivity contribution >= 4 is 23.3 Å². The number of esters is 1. The van der Waals surface area contributed by atoms with Gasteiger partial charge in [0.1, 0.15) is 11.5 Å². The van der Waals surface area contributed by atoms with Crippen molar-refractivity contribution in [3.8, 4) is 11.5 Å². The van der Waals surface area contributed by atoms with E-state index in [1.54, 1.807) is 26.4 Å². The molecule has 1 atom stereocenters. The Morgan fingerprint density at radius 3 is 2.68 bits per heavy atom. The van der Waals surface area contributed by atoms with Crippen molar-refractivity contribution in [3.63, 3.8) is 0 Å². The number of rotatable bonds is 7. The number of allylic oxidation sites excluding steroid dienone is 1. The van der Waals surface area contributed by atoms with Gasteiger partial charge in [0.05, 0.1) is 32.4 Å². The molecule has 0 bridgehead atoms. The normalized spacial score (nSPS) is 16.8.